The van der Waals surface area contributed by atoms with Gasteiger partial charge >= 0.3 is 6.03 Å². The molecule has 3 rings (SSSR count). The van der Waals surface area contributed by atoms with E-state index in [0.717, 1.165) is 44.5 Å². The van der Waals surface area contributed by atoms with E-state index in [0.29, 0.717) is 39.9 Å². The summed E-state index contributed by atoms with van der Waals surface area (Å²) in [5.41, 5.74) is 13.2. The van der Waals surface area contributed by atoms with Crippen LogP contribution in [0.3, 0.4) is 0 Å². The van der Waals surface area contributed by atoms with E-state index in [2.05, 4.69) is 10.2 Å². The number of primary amides is 1. The highest BCUT2D eigenvalue weighted by molar-refractivity contribution is 6.33. The van der Waals surface area contributed by atoms with Crippen LogP contribution < -0.4 is 31.0 Å². The predicted molar refractivity (Wildman–Crippen MR) is 147 cm³/mol. The number of nitrogens with zero attached hydrogens (tertiary/aromatic N) is 1. The first-order chi connectivity index (χ1) is 17.3. The summed E-state index contributed by atoms with van der Waals surface area (Å²) >= 11 is 6.25. The van der Waals surface area contributed by atoms with E-state index in [4.69, 9.17) is 37.3 Å². The van der Waals surface area contributed by atoms with Gasteiger partial charge in [0.2, 0.25) is 0 Å². The summed E-state index contributed by atoms with van der Waals surface area (Å²) in [4.78, 5) is 26.1. The average Bonchev–Trinajstić information content (AvgIpc) is 2.85. The number of piperidine rings is 1. The lowest BCUT2D eigenvalue weighted by Crippen LogP contribution is -2.46. The fraction of sp³-hybridized carbons (Fsp3) is 0.462. The molecule has 0 bridgehead atoms. The average molecular weight is 556 g/mol. The first-order valence-corrected chi connectivity index (χ1v) is 12.4. The van der Waals surface area contributed by atoms with Crippen molar-refractivity contribution in [2.24, 2.45) is 5.73 Å². The molecule has 2 aromatic rings. The van der Waals surface area contributed by atoms with Gasteiger partial charge in [-0.15, -0.1) is 12.4 Å². The van der Waals surface area contributed by atoms with E-state index in [-0.39, 0.29) is 37.3 Å². The molecule has 2 amide bonds. The molecule has 0 atom stereocenters. The fourth-order valence-electron chi connectivity index (χ4n) is 4.30. The summed E-state index contributed by atoms with van der Waals surface area (Å²) < 4.78 is 16.7. The number of ketones is 1. The number of benzene rings is 2. The number of urea groups is 1. The Hall–Kier alpha value is -2.88. The number of nitrogen functional groups attached to an aromatic ring is 1. The number of methoxy groups -OCH3 is 2. The maximum absolute atomic E-state index is 12.8. The van der Waals surface area contributed by atoms with Gasteiger partial charge in [0, 0.05) is 49.7 Å². The number of carbonyl (C=O) groups excluding carboxylic acids is 2. The zero-order valence-corrected chi connectivity index (χ0v) is 22.8. The second-order valence-electron chi connectivity index (χ2n) is 8.93. The number of halogens is 2. The van der Waals surface area contributed by atoms with E-state index in [1.54, 1.807) is 32.4 Å². The molecule has 37 heavy (non-hydrogen) atoms. The van der Waals surface area contributed by atoms with Crippen LogP contribution in [0.4, 0.5) is 10.5 Å². The lowest BCUT2D eigenvalue weighted by molar-refractivity contribution is -0.118. The molecule has 11 heteroatoms. The van der Waals surface area contributed by atoms with Crippen molar-refractivity contribution in [1.29, 1.82) is 0 Å². The summed E-state index contributed by atoms with van der Waals surface area (Å²) in [6.07, 6.45) is 3.14. The number of Topliss-reactive ketones (excluding diaryl/α,β-unsaturated/α-hetero) is 1. The minimum absolute atomic E-state index is 0. The van der Waals surface area contributed by atoms with Gasteiger partial charge in [-0.3, -0.25) is 4.79 Å². The molecule has 1 saturated heterocycles. The van der Waals surface area contributed by atoms with Crippen LogP contribution in [0, 0.1) is 0 Å². The summed E-state index contributed by atoms with van der Waals surface area (Å²) in [6, 6.07) is 8.52. The molecule has 2 aromatic carbocycles. The molecule has 1 aliphatic heterocycles. The van der Waals surface area contributed by atoms with Crippen LogP contribution >= 0.6 is 24.0 Å². The van der Waals surface area contributed by atoms with E-state index < -0.39 is 6.03 Å². The molecule has 0 aromatic heterocycles. The first kappa shape index (κ1) is 30.3. The van der Waals surface area contributed by atoms with Gasteiger partial charge in [0.15, 0.2) is 0 Å². The Bertz CT molecular complexity index is 1040. The summed E-state index contributed by atoms with van der Waals surface area (Å²) in [5, 5.41) is 3.15. The zero-order chi connectivity index (χ0) is 26.1. The van der Waals surface area contributed by atoms with Crippen molar-refractivity contribution >= 4 is 41.5 Å². The van der Waals surface area contributed by atoms with E-state index in [1.165, 1.54) is 0 Å². The molecule has 0 unspecified atom stereocenters. The third-order valence-electron chi connectivity index (χ3n) is 6.24. The normalized spacial score (nSPS) is 13.9. The molecule has 0 radical (unpaired) electrons. The quantitative estimate of drug-likeness (QED) is 0.338. The number of anilines is 1. The number of nitrogens with one attached hydrogen (secondary N) is 1. The van der Waals surface area contributed by atoms with Crippen molar-refractivity contribution in [3.05, 3.63) is 46.5 Å². The van der Waals surface area contributed by atoms with E-state index >= 15 is 0 Å². The van der Waals surface area contributed by atoms with Crippen LogP contribution in [-0.2, 0) is 17.8 Å². The van der Waals surface area contributed by atoms with Crippen LogP contribution in [0.15, 0.2) is 30.3 Å². The van der Waals surface area contributed by atoms with E-state index in [9.17, 15) is 9.59 Å². The van der Waals surface area contributed by atoms with E-state index in [1.807, 2.05) is 12.1 Å². The fourth-order valence-corrected chi connectivity index (χ4v) is 4.48. The highest BCUT2D eigenvalue weighted by Crippen LogP contribution is 2.31. The smallest absolute Gasteiger partial charge is 0.312 e. The monoisotopic (exact) mass is 554 g/mol. The van der Waals surface area contributed by atoms with Gasteiger partial charge in [0.25, 0.3) is 0 Å². The van der Waals surface area contributed by atoms with Crippen LogP contribution in [0.2, 0.25) is 5.02 Å². The number of amides is 2. The maximum Gasteiger partial charge on any atom is 0.312 e. The molecule has 0 aliphatic carbocycles. The number of nitrogens with two attached hydrogens (primary N) is 2. The number of likely N-dealkylation sites (tertiary alicyclic amines) is 1. The van der Waals surface area contributed by atoms with Crippen LogP contribution in [0.25, 0.3) is 0 Å². The highest BCUT2D eigenvalue weighted by Gasteiger charge is 2.20. The third kappa shape index (κ3) is 9.50. The molecular formula is C26H36Cl2N4O5. The maximum atomic E-state index is 12.8. The summed E-state index contributed by atoms with van der Waals surface area (Å²) in [6.45, 7) is 2.83. The van der Waals surface area contributed by atoms with Crippen molar-refractivity contribution in [2.45, 2.75) is 44.8 Å². The molecule has 0 spiro atoms. The SMILES string of the molecule is COc1cc(COc2cc(N)c(Cl)cc2CC(=O)CCCN2CCC(NC(N)=O)CC2)cc(OC)c1.Cl. The number of carbonyl (C=O) groups is 2. The van der Waals surface area contributed by atoms with Crippen LogP contribution in [0.5, 0.6) is 17.2 Å². The van der Waals surface area contributed by atoms with Gasteiger partial charge in [0.1, 0.15) is 29.6 Å². The minimum Gasteiger partial charge on any atom is -0.497 e. The second kappa shape index (κ2) is 14.8. The van der Waals surface area contributed by atoms with Gasteiger partial charge < -0.3 is 35.9 Å². The number of hydrogen-bond acceptors (Lipinski definition) is 7. The summed E-state index contributed by atoms with van der Waals surface area (Å²) in [5.74, 6) is 1.95. The number of rotatable bonds is 12. The molecule has 1 fully saturated rings. The lowest BCUT2D eigenvalue weighted by atomic mass is 10.0. The molecule has 1 aliphatic rings. The lowest BCUT2D eigenvalue weighted by Gasteiger charge is -2.31. The standard InChI is InChI=1S/C26H35ClN4O5.ClH/c1-34-21-10-17(11-22(14-21)35-2)16-36-25-15-24(28)23(27)13-18(25)12-20(32)4-3-7-31-8-5-19(6-9-31)30-26(29)33;/h10-11,13-15,19H,3-9,12,16,28H2,1-2H3,(H3,29,30,33);1H. The van der Waals surface area contributed by atoms with Gasteiger partial charge in [0.05, 0.1) is 24.9 Å². The molecule has 1 heterocycles. The Morgan fingerprint density at radius 3 is 2.32 bits per heavy atom. The van der Waals surface area contributed by atoms with Crippen LogP contribution in [0.1, 0.15) is 36.8 Å². The van der Waals surface area contributed by atoms with Crippen molar-refractivity contribution in [3.63, 3.8) is 0 Å². The zero-order valence-electron chi connectivity index (χ0n) is 21.3. The molecule has 5 N–H and O–H groups in total. The molecular weight excluding hydrogens is 519 g/mol. The minimum atomic E-state index is -0.478. The van der Waals surface area contributed by atoms with Crippen molar-refractivity contribution < 1.29 is 23.8 Å². The predicted octanol–water partition coefficient (Wildman–Crippen LogP) is 3.96. The second-order valence-corrected chi connectivity index (χ2v) is 9.34. The van der Waals surface area contributed by atoms with Crippen molar-refractivity contribution in [2.75, 3.05) is 39.6 Å². The first-order valence-electron chi connectivity index (χ1n) is 12.0. The van der Waals surface area contributed by atoms with Gasteiger partial charge in [-0.2, -0.15) is 0 Å². The molecule has 204 valence electrons. The van der Waals surface area contributed by atoms with Gasteiger partial charge in [-0.05, 0) is 49.6 Å². The Balaban J connectivity index is 0.00000481. The van der Waals surface area contributed by atoms with Crippen molar-refractivity contribution in [1.82, 2.24) is 10.2 Å². The van der Waals surface area contributed by atoms with Crippen molar-refractivity contribution in [3.8, 4) is 17.2 Å². The largest absolute Gasteiger partial charge is 0.497 e. The van der Waals surface area contributed by atoms with Gasteiger partial charge in [-0.25, -0.2) is 4.79 Å². The Morgan fingerprint density at radius 1 is 1.08 bits per heavy atom. The number of ether oxygens (including phenoxy) is 3. The third-order valence-corrected chi connectivity index (χ3v) is 6.56. The Labute approximate surface area is 229 Å². The van der Waals surface area contributed by atoms with Gasteiger partial charge in [-0.1, -0.05) is 11.6 Å². The Morgan fingerprint density at radius 2 is 1.73 bits per heavy atom. The van der Waals surface area contributed by atoms with Crippen LogP contribution in [-0.4, -0.2) is 56.6 Å². The summed E-state index contributed by atoms with van der Waals surface area (Å²) in [7, 11) is 3.18. The number of hydrogen-bond donors (Lipinski definition) is 3. The highest BCUT2D eigenvalue weighted by atomic mass is 35.5. The molecule has 9 nitrogen and oxygen atoms in total. The molecule has 0 saturated carbocycles. The topological polar surface area (TPSA) is 129 Å². The Kier molecular flexibility index (Phi) is 12.1.